The van der Waals surface area contributed by atoms with Gasteiger partial charge in [-0.1, -0.05) is 6.07 Å². The van der Waals surface area contributed by atoms with Gasteiger partial charge in [0.05, 0.1) is 22.9 Å². The van der Waals surface area contributed by atoms with E-state index in [0.717, 1.165) is 12.1 Å². The molecule has 4 aromatic heterocycles. The van der Waals surface area contributed by atoms with Gasteiger partial charge >= 0.3 is 6.18 Å². The predicted molar refractivity (Wildman–Crippen MR) is 117 cm³/mol. The monoisotopic (exact) mass is 450 g/mol. The van der Waals surface area contributed by atoms with Crippen LogP contribution in [0, 0.1) is 0 Å². The Hall–Kier alpha value is -4.21. The topological polar surface area (TPSA) is 77.6 Å². The highest BCUT2D eigenvalue weighted by Gasteiger charge is 2.30. The maximum Gasteiger partial charge on any atom is 0.416 e. The molecule has 1 amide bonds. The molecule has 33 heavy (non-hydrogen) atoms. The summed E-state index contributed by atoms with van der Waals surface area (Å²) < 4.78 is 42.3. The highest BCUT2D eigenvalue weighted by molar-refractivity contribution is 6.06. The first-order valence-electron chi connectivity index (χ1n) is 10.0. The van der Waals surface area contributed by atoms with E-state index in [9.17, 15) is 18.0 Å². The third-order valence-corrected chi connectivity index (χ3v) is 5.18. The number of aryl methyl sites for hydroxylation is 1. The van der Waals surface area contributed by atoms with Crippen LogP contribution in [0.3, 0.4) is 0 Å². The number of hydrogen-bond donors (Lipinski definition) is 1. The minimum atomic E-state index is -4.42. The van der Waals surface area contributed by atoms with E-state index in [-0.39, 0.29) is 12.3 Å². The number of rotatable bonds is 4. The highest BCUT2D eigenvalue weighted by atomic mass is 19.4. The molecule has 0 saturated heterocycles. The van der Waals surface area contributed by atoms with Gasteiger partial charge in [-0.2, -0.15) is 18.3 Å². The van der Waals surface area contributed by atoms with Gasteiger partial charge in [0, 0.05) is 30.8 Å². The molecule has 1 aromatic carbocycles. The zero-order valence-electron chi connectivity index (χ0n) is 17.3. The number of nitrogens with one attached hydrogen (secondary N) is 1. The molecule has 0 aliphatic carbocycles. The van der Waals surface area contributed by atoms with Gasteiger partial charge in [0.2, 0.25) is 5.91 Å². The molecule has 0 fully saturated rings. The van der Waals surface area contributed by atoms with Crippen molar-refractivity contribution in [1.29, 1.82) is 0 Å². The Morgan fingerprint density at radius 2 is 1.85 bits per heavy atom. The van der Waals surface area contributed by atoms with E-state index >= 15 is 0 Å². The van der Waals surface area contributed by atoms with E-state index in [2.05, 4.69) is 20.4 Å². The lowest BCUT2D eigenvalue weighted by Gasteiger charge is -2.10. The molecule has 0 unspecified atom stereocenters. The lowest BCUT2D eigenvalue weighted by atomic mass is 10.2. The van der Waals surface area contributed by atoms with E-state index < -0.39 is 11.7 Å². The summed E-state index contributed by atoms with van der Waals surface area (Å²) in [6, 6.07) is 13.6. The number of carbonyl (C=O) groups excluding carboxylic acids is 1. The van der Waals surface area contributed by atoms with Crippen molar-refractivity contribution >= 4 is 33.8 Å². The van der Waals surface area contributed by atoms with Crippen molar-refractivity contribution in [3.8, 4) is 5.69 Å². The smallest absolute Gasteiger partial charge is 0.310 e. The van der Waals surface area contributed by atoms with E-state index in [1.165, 1.54) is 12.1 Å². The number of nitrogens with zero attached hydrogens (tertiary/aromatic N) is 5. The number of anilines is 1. The number of alkyl halides is 3. The number of benzene rings is 1. The summed E-state index contributed by atoms with van der Waals surface area (Å²) in [7, 11) is 1.75. The van der Waals surface area contributed by atoms with Crippen LogP contribution in [-0.4, -0.2) is 30.2 Å². The lowest BCUT2D eigenvalue weighted by Crippen LogP contribution is -2.15. The van der Waals surface area contributed by atoms with Crippen LogP contribution >= 0.6 is 0 Å². The zero-order chi connectivity index (χ0) is 23.2. The van der Waals surface area contributed by atoms with Gasteiger partial charge < -0.3 is 5.32 Å². The molecule has 0 bridgehead atoms. The van der Waals surface area contributed by atoms with Gasteiger partial charge in [0.1, 0.15) is 11.3 Å². The van der Waals surface area contributed by atoms with Gasteiger partial charge in [-0.05, 0) is 48.5 Å². The van der Waals surface area contributed by atoms with Gasteiger partial charge in [-0.15, -0.1) is 0 Å². The second-order valence-electron chi connectivity index (χ2n) is 7.53. The van der Waals surface area contributed by atoms with Crippen molar-refractivity contribution in [3.63, 3.8) is 0 Å². The van der Waals surface area contributed by atoms with Gasteiger partial charge in [0.15, 0.2) is 5.65 Å². The van der Waals surface area contributed by atoms with Gasteiger partial charge in [-0.3, -0.25) is 19.0 Å². The Morgan fingerprint density at radius 1 is 1.06 bits per heavy atom. The lowest BCUT2D eigenvalue weighted by molar-refractivity contribution is -0.137. The molecule has 5 rings (SSSR count). The van der Waals surface area contributed by atoms with Crippen LogP contribution < -0.4 is 5.32 Å². The Kier molecular flexibility index (Phi) is 4.85. The van der Waals surface area contributed by atoms with E-state index in [0.29, 0.717) is 39.3 Å². The molecule has 5 aromatic rings. The molecule has 0 aliphatic heterocycles. The minimum absolute atomic E-state index is 0.107. The maximum atomic E-state index is 13.0. The average Bonchev–Trinajstić information content (AvgIpc) is 3.28. The Balaban J connectivity index is 1.53. The molecular weight excluding hydrogens is 433 g/mol. The quantitative estimate of drug-likeness (QED) is 0.437. The van der Waals surface area contributed by atoms with Crippen molar-refractivity contribution in [3.05, 3.63) is 78.2 Å². The number of aromatic nitrogens is 5. The summed E-state index contributed by atoms with van der Waals surface area (Å²) in [6.45, 7) is 0. The van der Waals surface area contributed by atoms with Crippen molar-refractivity contribution in [2.24, 2.45) is 7.05 Å². The number of carbonyl (C=O) groups is 1. The third-order valence-electron chi connectivity index (χ3n) is 5.18. The molecule has 10 heteroatoms. The van der Waals surface area contributed by atoms with Crippen LogP contribution in [0.5, 0.6) is 0 Å². The van der Waals surface area contributed by atoms with Crippen molar-refractivity contribution in [2.75, 3.05) is 5.32 Å². The Labute approximate surface area is 185 Å². The predicted octanol–water partition coefficient (Wildman–Crippen LogP) is 4.51. The summed E-state index contributed by atoms with van der Waals surface area (Å²) in [6.07, 6.45) is -0.905. The van der Waals surface area contributed by atoms with Crippen LogP contribution in [0.25, 0.3) is 27.8 Å². The van der Waals surface area contributed by atoms with Gasteiger partial charge in [-0.25, -0.2) is 4.98 Å². The van der Waals surface area contributed by atoms with E-state index in [1.54, 1.807) is 53.0 Å². The normalized spacial score (nSPS) is 11.9. The fourth-order valence-corrected chi connectivity index (χ4v) is 3.74. The first-order valence-corrected chi connectivity index (χ1v) is 10.0. The Bertz CT molecular complexity index is 1470. The standard InChI is InChI=1S/C23H17F3N6O/c1-31-13-17-21-18(9-10-19(29-21)28-20(33)12-15-4-2-3-11-27-15)32(22(17)30-31)16-7-5-14(6-8-16)23(24,25)26/h2-11,13H,12H2,1H3,(H,28,29,33). The first-order chi connectivity index (χ1) is 15.8. The number of amides is 1. The summed E-state index contributed by atoms with van der Waals surface area (Å²) >= 11 is 0. The largest absolute Gasteiger partial charge is 0.416 e. The zero-order valence-corrected chi connectivity index (χ0v) is 17.3. The fourth-order valence-electron chi connectivity index (χ4n) is 3.74. The molecule has 7 nitrogen and oxygen atoms in total. The number of fused-ring (bicyclic) bond motifs is 3. The van der Waals surface area contributed by atoms with Gasteiger partial charge in [0.25, 0.3) is 0 Å². The molecule has 1 N–H and O–H groups in total. The highest BCUT2D eigenvalue weighted by Crippen LogP contribution is 2.33. The van der Waals surface area contributed by atoms with Crippen LogP contribution in [-0.2, 0) is 24.4 Å². The second kappa shape index (κ2) is 7.73. The van der Waals surface area contributed by atoms with Crippen LogP contribution in [0.15, 0.2) is 67.0 Å². The average molecular weight is 450 g/mol. The van der Waals surface area contributed by atoms with Crippen molar-refractivity contribution in [2.45, 2.75) is 12.6 Å². The number of halogens is 3. The van der Waals surface area contributed by atoms with E-state index in [4.69, 9.17) is 0 Å². The molecule has 0 atom stereocenters. The van der Waals surface area contributed by atoms with E-state index in [1.807, 2.05) is 6.07 Å². The van der Waals surface area contributed by atoms with Crippen LogP contribution in [0.4, 0.5) is 19.0 Å². The molecule has 166 valence electrons. The SMILES string of the molecule is Cn1cc2c3nc(NC(=O)Cc4ccccn4)ccc3n(-c3ccc(C(F)(F)F)cc3)c2n1. The summed E-state index contributed by atoms with van der Waals surface area (Å²) in [4.78, 5) is 21.2. The molecule has 4 heterocycles. The minimum Gasteiger partial charge on any atom is -0.310 e. The molecule has 0 radical (unpaired) electrons. The maximum absolute atomic E-state index is 13.0. The van der Waals surface area contributed by atoms with Crippen molar-refractivity contribution < 1.29 is 18.0 Å². The van der Waals surface area contributed by atoms with Crippen molar-refractivity contribution in [1.82, 2.24) is 24.3 Å². The molecule has 0 saturated carbocycles. The fraction of sp³-hybridized carbons (Fsp3) is 0.130. The Morgan fingerprint density at radius 3 is 2.55 bits per heavy atom. The summed E-state index contributed by atoms with van der Waals surface area (Å²) in [5.41, 5.74) is 2.23. The summed E-state index contributed by atoms with van der Waals surface area (Å²) in [5, 5.41) is 7.96. The first kappa shape index (κ1) is 20.7. The second-order valence-corrected chi connectivity index (χ2v) is 7.53. The molecule has 0 aliphatic rings. The molecule has 0 spiro atoms. The molecular formula is C23H17F3N6O. The number of hydrogen-bond acceptors (Lipinski definition) is 4. The third kappa shape index (κ3) is 3.91. The van der Waals surface area contributed by atoms with Crippen LogP contribution in [0.1, 0.15) is 11.3 Å². The summed E-state index contributed by atoms with van der Waals surface area (Å²) in [5.74, 6) is 0.101. The van der Waals surface area contributed by atoms with Crippen LogP contribution in [0.2, 0.25) is 0 Å². The number of pyridine rings is 2.